The Bertz CT molecular complexity index is 726. The number of hydrogen-bond donors (Lipinski definition) is 0. The number of aromatic nitrogens is 4. The first-order valence-electron chi connectivity index (χ1n) is 6.30. The van der Waals surface area contributed by atoms with Crippen LogP contribution in [-0.4, -0.2) is 24.9 Å². The molecule has 0 unspecified atom stereocenters. The van der Waals surface area contributed by atoms with Crippen LogP contribution in [0.5, 0.6) is 0 Å². The number of nitrogens with zero attached hydrogens (tertiary/aromatic N) is 4. The summed E-state index contributed by atoms with van der Waals surface area (Å²) in [7, 11) is 2.01. The summed E-state index contributed by atoms with van der Waals surface area (Å²) >= 11 is 1.81. The molecule has 0 aliphatic carbocycles. The van der Waals surface area contributed by atoms with Crippen molar-refractivity contribution in [2.75, 3.05) is 5.75 Å². The lowest BCUT2D eigenvalue weighted by Crippen LogP contribution is -2.03. The SMILES string of the molecule is CCSc1cccn1-c1nc2cc(C)cnc2n1C. The van der Waals surface area contributed by atoms with Gasteiger partial charge < -0.3 is 0 Å². The van der Waals surface area contributed by atoms with E-state index in [-0.39, 0.29) is 0 Å². The Labute approximate surface area is 116 Å². The average Bonchev–Trinajstić information content (AvgIpc) is 2.95. The molecule has 5 heteroatoms. The molecule has 0 atom stereocenters. The summed E-state index contributed by atoms with van der Waals surface area (Å²) in [5.41, 5.74) is 2.99. The summed E-state index contributed by atoms with van der Waals surface area (Å²) in [6, 6.07) is 6.24. The number of rotatable bonds is 3. The Morgan fingerprint density at radius 3 is 3.00 bits per heavy atom. The van der Waals surface area contributed by atoms with Crippen LogP contribution in [0.15, 0.2) is 35.6 Å². The Balaban J connectivity index is 2.19. The van der Waals surface area contributed by atoms with Crippen molar-refractivity contribution in [2.45, 2.75) is 18.9 Å². The van der Waals surface area contributed by atoms with Gasteiger partial charge in [-0.15, -0.1) is 11.8 Å². The normalized spacial score (nSPS) is 11.3. The highest BCUT2D eigenvalue weighted by Crippen LogP contribution is 2.24. The largest absolute Gasteiger partial charge is 0.297 e. The molecule has 0 aliphatic heterocycles. The molecule has 3 aromatic rings. The van der Waals surface area contributed by atoms with Crippen LogP contribution in [0.2, 0.25) is 0 Å². The van der Waals surface area contributed by atoms with Gasteiger partial charge in [-0.1, -0.05) is 6.92 Å². The van der Waals surface area contributed by atoms with Gasteiger partial charge in [-0.2, -0.15) is 0 Å². The van der Waals surface area contributed by atoms with Crippen LogP contribution >= 0.6 is 11.8 Å². The second-order valence-electron chi connectivity index (χ2n) is 4.48. The van der Waals surface area contributed by atoms with E-state index in [0.29, 0.717) is 0 Å². The van der Waals surface area contributed by atoms with E-state index < -0.39 is 0 Å². The number of pyridine rings is 1. The number of fused-ring (bicyclic) bond motifs is 1. The molecule has 98 valence electrons. The highest BCUT2D eigenvalue weighted by atomic mass is 32.2. The lowest BCUT2D eigenvalue weighted by Gasteiger charge is -2.07. The minimum Gasteiger partial charge on any atom is -0.297 e. The molecule has 3 heterocycles. The van der Waals surface area contributed by atoms with Crippen LogP contribution in [0, 0.1) is 6.92 Å². The van der Waals surface area contributed by atoms with Crippen LogP contribution in [0.4, 0.5) is 0 Å². The smallest absolute Gasteiger partial charge is 0.216 e. The monoisotopic (exact) mass is 272 g/mol. The van der Waals surface area contributed by atoms with Gasteiger partial charge in [-0.05, 0) is 36.4 Å². The second-order valence-corrected chi connectivity index (χ2v) is 5.76. The van der Waals surface area contributed by atoms with Crippen molar-refractivity contribution in [2.24, 2.45) is 7.05 Å². The highest BCUT2D eigenvalue weighted by Gasteiger charge is 2.12. The standard InChI is InChI=1S/C14H16N4S/c1-4-19-12-6-5-7-18(12)14-16-11-8-10(2)9-15-13(11)17(14)3/h5-9H,4H2,1-3H3. The quantitative estimate of drug-likeness (QED) is 0.687. The van der Waals surface area contributed by atoms with Crippen molar-refractivity contribution in [1.29, 1.82) is 0 Å². The fourth-order valence-electron chi connectivity index (χ4n) is 2.18. The van der Waals surface area contributed by atoms with Crippen LogP contribution in [0.25, 0.3) is 17.1 Å². The Morgan fingerprint density at radius 1 is 1.37 bits per heavy atom. The fraction of sp³-hybridized carbons (Fsp3) is 0.286. The molecule has 0 aromatic carbocycles. The molecule has 19 heavy (non-hydrogen) atoms. The first-order valence-corrected chi connectivity index (χ1v) is 7.29. The van der Waals surface area contributed by atoms with E-state index in [2.05, 4.69) is 34.7 Å². The van der Waals surface area contributed by atoms with Gasteiger partial charge in [0.05, 0.1) is 5.03 Å². The molecule has 0 N–H and O–H groups in total. The molecule has 0 bridgehead atoms. The summed E-state index contributed by atoms with van der Waals surface area (Å²) in [5, 5.41) is 1.21. The van der Waals surface area contributed by atoms with E-state index in [1.165, 1.54) is 5.03 Å². The molecular weight excluding hydrogens is 256 g/mol. The van der Waals surface area contributed by atoms with E-state index in [1.54, 1.807) is 0 Å². The van der Waals surface area contributed by atoms with Gasteiger partial charge in [0.1, 0.15) is 5.52 Å². The molecule has 3 rings (SSSR count). The fourth-order valence-corrected chi connectivity index (χ4v) is 2.93. The summed E-state index contributed by atoms with van der Waals surface area (Å²) in [4.78, 5) is 9.18. The lowest BCUT2D eigenvalue weighted by atomic mass is 10.3. The zero-order valence-corrected chi connectivity index (χ0v) is 12.1. The van der Waals surface area contributed by atoms with Gasteiger partial charge in [0.25, 0.3) is 0 Å². The molecule has 0 spiro atoms. The zero-order chi connectivity index (χ0) is 13.4. The van der Waals surface area contributed by atoms with Gasteiger partial charge in [0.2, 0.25) is 5.95 Å². The number of hydrogen-bond acceptors (Lipinski definition) is 3. The van der Waals surface area contributed by atoms with Crippen LogP contribution in [0.3, 0.4) is 0 Å². The summed E-state index contributed by atoms with van der Waals surface area (Å²) in [5.74, 6) is 1.96. The van der Waals surface area contributed by atoms with Crippen LogP contribution in [-0.2, 0) is 7.05 Å². The molecule has 0 aliphatic rings. The Kier molecular flexibility index (Phi) is 3.06. The van der Waals surface area contributed by atoms with Gasteiger partial charge in [0.15, 0.2) is 5.65 Å². The second kappa shape index (κ2) is 4.74. The Morgan fingerprint density at radius 2 is 2.21 bits per heavy atom. The van der Waals surface area contributed by atoms with Gasteiger partial charge in [-0.3, -0.25) is 9.13 Å². The third-order valence-electron chi connectivity index (χ3n) is 3.04. The third-order valence-corrected chi connectivity index (χ3v) is 3.96. The summed E-state index contributed by atoms with van der Waals surface area (Å²) in [6.45, 7) is 4.19. The topological polar surface area (TPSA) is 35.6 Å². The van der Waals surface area contributed by atoms with Crippen molar-refractivity contribution in [1.82, 2.24) is 19.1 Å². The van der Waals surface area contributed by atoms with Crippen molar-refractivity contribution in [3.63, 3.8) is 0 Å². The van der Waals surface area contributed by atoms with Gasteiger partial charge in [-0.25, -0.2) is 9.97 Å². The molecule has 0 saturated carbocycles. The minimum atomic E-state index is 0.911. The average molecular weight is 272 g/mol. The van der Waals surface area contributed by atoms with E-state index in [1.807, 2.05) is 42.7 Å². The maximum Gasteiger partial charge on any atom is 0.216 e. The van der Waals surface area contributed by atoms with Crippen LogP contribution in [0.1, 0.15) is 12.5 Å². The summed E-state index contributed by atoms with van der Waals surface area (Å²) < 4.78 is 4.15. The molecule has 0 amide bonds. The molecule has 3 aromatic heterocycles. The van der Waals surface area contributed by atoms with E-state index in [0.717, 1.165) is 28.4 Å². The molecule has 0 saturated heterocycles. The molecule has 4 nitrogen and oxygen atoms in total. The first kappa shape index (κ1) is 12.3. The van der Waals surface area contributed by atoms with Crippen LogP contribution < -0.4 is 0 Å². The number of imidazole rings is 1. The number of aryl methyl sites for hydroxylation is 2. The first-order chi connectivity index (χ1) is 9.20. The van der Waals surface area contributed by atoms with Crippen molar-refractivity contribution < 1.29 is 0 Å². The predicted octanol–water partition coefficient (Wildman–Crippen LogP) is 3.18. The van der Waals surface area contributed by atoms with E-state index in [9.17, 15) is 0 Å². The van der Waals surface area contributed by atoms with Gasteiger partial charge >= 0.3 is 0 Å². The Hall–Kier alpha value is -1.75. The third kappa shape index (κ3) is 2.04. The minimum absolute atomic E-state index is 0.911. The molecular formula is C14H16N4S. The highest BCUT2D eigenvalue weighted by molar-refractivity contribution is 7.99. The lowest BCUT2D eigenvalue weighted by molar-refractivity contribution is 0.792. The van der Waals surface area contributed by atoms with Gasteiger partial charge in [0, 0.05) is 19.4 Å². The number of thioether (sulfide) groups is 1. The van der Waals surface area contributed by atoms with Crippen molar-refractivity contribution in [3.8, 4) is 5.95 Å². The maximum absolute atomic E-state index is 4.71. The maximum atomic E-state index is 4.71. The summed E-state index contributed by atoms with van der Waals surface area (Å²) in [6.07, 6.45) is 3.93. The predicted molar refractivity (Wildman–Crippen MR) is 79.0 cm³/mol. The van der Waals surface area contributed by atoms with Crippen molar-refractivity contribution in [3.05, 3.63) is 36.2 Å². The molecule has 0 fully saturated rings. The zero-order valence-electron chi connectivity index (χ0n) is 11.3. The van der Waals surface area contributed by atoms with E-state index in [4.69, 9.17) is 4.98 Å². The molecule has 0 radical (unpaired) electrons. The van der Waals surface area contributed by atoms with Crippen molar-refractivity contribution >= 4 is 22.9 Å². The van der Waals surface area contributed by atoms with E-state index >= 15 is 0 Å².